The third kappa shape index (κ3) is 3.61. The van der Waals surface area contributed by atoms with Gasteiger partial charge in [0.05, 0.1) is 24.3 Å². The van der Waals surface area contributed by atoms with Gasteiger partial charge < -0.3 is 9.64 Å². The van der Waals surface area contributed by atoms with Crippen molar-refractivity contribution in [2.45, 2.75) is 6.18 Å². The van der Waals surface area contributed by atoms with Crippen LogP contribution in [-0.4, -0.2) is 26.7 Å². The highest BCUT2D eigenvalue weighted by atomic mass is 19.4. The zero-order chi connectivity index (χ0) is 14.6. The van der Waals surface area contributed by atoms with Crippen LogP contribution in [-0.2, 0) is 15.7 Å². The molecule has 0 aromatic heterocycles. The van der Waals surface area contributed by atoms with E-state index in [1.807, 2.05) is 0 Å². The summed E-state index contributed by atoms with van der Waals surface area (Å²) in [6.45, 7) is -0.181. The molecule has 0 saturated heterocycles. The first-order valence-electron chi connectivity index (χ1n) is 5.19. The summed E-state index contributed by atoms with van der Waals surface area (Å²) in [4.78, 5) is 12.4. The lowest BCUT2D eigenvalue weighted by Gasteiger charge is -2.19. The molecule has 102 valence electrons. The number of nitriles is 1. The van der Waals surface area contributed by atoms with Gasteiger partial charge in [-0.1, -0.05) is 0 Å². The Kier molecular flexibility index (Phi) is 4.38. The van der Waals surface area contributed by atoms with Crippen LogP contribution in [0.2, 0.25) is 0 Å². The molecule has 0 atom stereocenters. The molecular weight excluding hydrogens is 261 g/mol. The smallest absolute Gasteiger partial charge is 0.417 e. The quantitative estimate of drug-likeness (QED) is 0.791. The molecule has 0 N–H and O–H groups in total. The second-order valence-corrected chi connectivity index (χ2v) is 3.77. The van der Waals surface area contributed by atoms with E-state index in [1.165, 1.54) is 31.2 Å². The van der Waals surface area contributed by atoms with Crippen LogP contribution >= 0.6 is 0 Å². The number of rotatable bonds is 3. The van der Waals surface area contributed by atoms with Gasteiger partial charge in [-0.25, -0.2) is 0 Å². The zero-order valence-corrected chi connectivity index (χ0v) is 10.3. The lowest BCUT2D eigenvalue weighted by Crippen LogP contribution is -2.26. The highest BCUT2D eigenvalue weighted by Crippen LogP contribution is 2.34. The number of hydrogen-bond acceptors (Lipinski definition) is 4. The number of carbonyl (C=O) groups excluding carboxylic acids is 1. The van der Waals surface area contributed by atoms with E-state index in [0.717, 1.165) is 12.1 Å². The Morgan fingerprint density at radius 3 is 2.58 bits per heavy atom. The molecule has 1 rings (SSSR count). The summed E-state index contributed by atoms with van der Waals surface area (Å²) in [5.41, 5.74) is -1.30. The molecule has 0 aliphatic heterocycles. The molecular formula is C12H11F3N2O2. The van der Waals surface area contributed by atoms with Gasteiger partial charge in [0, 0.05) is 12.7 Å². The van der Waals surface area contributed by atoms with Crippen molar-refractivity contribution in [3.8, 4) is 6.07 Å². The fraction of sp³-hybridized carbons (Fsp3) is 0.333. The SMILES string of the molecule is COC(=O)CN(C)c1ccc(C#N)c(C(F)(F)F)c1. The van der Waals surface area contributed by atoms with E-state index >= 15 is 0 Å². The average Bonchev–Trinajstić information content (AvgIpc) is 2.36. The Morgan fingerprint density at radius 1 is 1.47 bits per heavy atom. The van der Waals surface area contributed by atoms with Crippen LogP contribution < -0.4 is 4.90 Å². The number of halogens is 3. The normalized spacial score (nSPS) is 10.7. The van der Waals surface area contributed by atoms with Gasteiger partial charge in [-0.15, -0.1) is 0 Å². The highest BCUT2D eigenvalue weighted by molar-refractivity contribution is 5.75. The molecule has 0 saturated carbocycles. The van der Waals surface area contributed by atoms with Crippen LogP contribution in [0.25, 0.3) is 0 Å². The van der Waals surface area contributed by atoms with E-state index in [0.29, 0.717) is 0 Å². The van der Waals surface area contributed by atoms with Gasteiger partial charge in [0.15, 0.2) is 0 Å². The Morgan fingerprint density at radius 2 is 2.11 bits per heavy atom. The number of anilines is 1. The minimum Gasteiger partial charge on any atom is -0.468 e. The minimum absolute atomic E-state index is 0.178. The monoisotopic (exact) mass is 272 g/mol. The van der Waals surface area contributed by atoms with Gasteiger partial charge >= 0.3 is 12.1 Å². The first-order valence-corrected chi connectivity index (χ1v) is 5.19. The highest BCUT2D eigenvalue weighted by Gasteiger charge is 2.34. The van der Waals surface area contributed by atoms with Crippen molar-refractivity contribution in [1.29, 1.82) is 5.26 Å². The Hall–Kier alpha value is -2.23. The number of esters is 1. The van der Waals surface area contributed by atoms with Crippen LogP contribution in [0, 0.1) is 11.3 Å². The standard InChI is InChI=1S/C12H11F3N2O2/c1-17(7-11(18)19-2)9-4-3-8(6-16)10(5-9)12(13,14)15/h3-5H,7H2,1-2H3. The van der Waals surface area contributed by atoms with E-state index in [-0.39, 0.29) is 12.2 Å². The number of alkyl halides is 3. The number of carbonyl (C=O) groups is 1. The summed E-state index contributed by atoms with van der Waals surface area (Å²) >= 11 is 0. The fourth-order valence-corrected chi connectivity index (χ4v) is 1.45. The molecule has 19 heavy (non-hydrogen) atoms. The minimum atomic E-state index is -4.62. The molecule has 0 spiro atoms. The van der Waals surface area contributed by atoms with Gasteiger partial charge in [0.1, 0.15) is 6.54 Å². The van der Waals surface area contributed by atoms with E-state index in [4.69, 9.17) is 5.26 Å². The molecule has 0 radical (unpaired) electrons. The van der Waals surface area contributed by atoms with Crippen LogP contribution in [0.4, 0.5) is 18.9 Å². The third-order valence-corrected chi connectivity index (χ3v) is 2.46. The molecule has 0 bridgehead atoms. The van der Waals surface area contributed by atoms with Crippen LogP contribution in [0.3, 0.4) is 0 Å². The summed E-state index contributed by atoms with van der Waals surface area (Å²) in [7, 11) is 2.65. The first kappa shape index (κ1) is 14.8. The topological polar surface area (TPSA) is 53.3 Å². The lowest BCUT2D eigenvalue weighted by atomic mass is 10.1. The summed E-state index contributed by atoms with van der Waals surface area (Å²) in [5.74, 6) is -0.569. The third-order valence-electron chi connectivity index (χ3n) is 2.46. The average molecular weight is 272 g/mol. The molecule has 0 unspecified atom stereocenters. The van der Waals surface area contributed by atoms with E-state index in [2.05, 4.69) is 4.74 Å². The molecule has 1 aromatic rings. The van der Waals surface area contributed by atoms with E-state index in [9.17, 15) is 18.0 Å². The molecule has 7 heteroatoms. The van der Waals surface area contributed by atoms with Gasteiger partial charge in [0.2, 0.25) is 0 Å². The van der Waals surface area contributed by atoms with E-state index in [1.54, 1.807) is 0 Å². The maximum absolute atomic E-state index is 12.7. The molecule has 4 nitrogen and oxygen atoms in total. The maximum atomic E-state index is 12.7. The summed E-state index contributed by atoms with van der Waals surface area (Å²) in [6.07, 6.45) is -4.62. The predicted molar refractivity (Wildman–Crippen MR) is 61.4 cm³/mol. The summed E-state index contributed by atoms with van der Waals surface area (Å²) < 4.78 is 42.7. The zero-order valence-electron chi connectivity index (χ0n) is 10.3. The number of methoxy groups -OCH3 is 1. The second kappa shape index (κ2) is 5.61. The van der Waals surface area contributed by atoms with Crippen molar-refractivity contribution in [3.05, 3.63) is 29.3 Å². The number of likely N-dealkylation sites (N-methyl/N-ethyl adjacent to an activating group) is 1. The van der Waals surface area contributed by atoms with Gasteiger partial charge in [-0.3, -0.25) is 4.79 Å². The van der Waals surface area contributed by atoms with Crippen LogP contribution in [0.5, 0.6) is 0 Å². The van der Waals surface area contributed by atoms with Gasteiger partial charge in [0.25, 0.3) is 0 Å². The molecule has 0 aliphatic carbocycles. The fourth-order valence-electron chi connectivity index (χ4n) is 1.45. The molecule has 0 heterocycles. The molecule has 1 aromatic carbocycles. The number of benzene rings is 1. The second-order valence-electron chi connectivity index (χ2n) is 3.77. The van der Waals surface area contributed by atoms with Crippen molar-refractivity contribution < 1.29 is 22.7 Å². The van der Waals surface area contributed by atoms with Gasteiger partial charge in [-0.2, -0.15) is 18.4 Å². The summed E-state index contributed by atoms with van der Waals surface area (Å²) in [6, 6.07) is 4.74. The Labute approximate surface area is 108 Å². The lowest BCUT2D eigenvalue weighted by molar-refractivity contribution is -0.139. The van der Waals surface area contributed by atoms with Gasteiger partial charge in [-0.05, 0) is 18.2 Å². The van der Waals surface area contributed by atoms with Crippen LogP contribution in [0.1, 0.15) is 11.1 Å². The number of nitrogens with zero attached hydrogens (tertiary/aromatic N) is 2. The molecule has 0 aliphatic rings. The summed E-state index contributed by atoms with van der Waals surface area (Å²) in [5, 5.41) is 8.66. The number of ether oxygens (including phenoxy) is 1. The van der Waals surface area contributed by atoms with Crippen molar-refractivity contribution in [2.24, 2.45) is 0 Å². The predicted octanol–water partition coefficient (Wildman–Crippen LogP) is 2.19. The number of hydrogen-bond donors (Lipinski definition) is 0. The molecule has 0 amide bonds. The Bertz CT molecular complexity index is 521. The maximum Gasteiger partial charge on any atom is 0.417 e. The van der Waals surface area contributed by atoms with Crippen LogP contribution in [0.15, 0.2) is 18.2 Å². The van der Waals surface area contributed by atoms with Crippen molar-refractivity contribution >= 4 is 11.7 Å². The van der Waals surface area contributed by atoms with Crippen molar-refractivity contribution in [2.75, 3.05) is 25.6 Å². The molecule has 0 fully saturated rings. The first-order chi connectivity index (χ1) is 8.79. The largest absolute Gasteiger partial charge is 0.468 e. The van der Waals surface area contributed by atoms with Crippen molar-refractivity contribution in [3.63, 3.8) is 0 Å². The van der Waals surface area contributed by atoms with Crippen molar-refractivity contribution in [1.82, 2.24) is 0 Å². The Balaban J connectivity index is 3.12. The van der Waals surface area contributed by atoms with E-state index < -0.39 is 23.3 Å².